The van der Waals surface area contributed by atoms with E-state index in [1.807, 2.05) is 0 Å². The first kappa shape index (κ1) is 11.2. The number of carbonyl (C=O) groups excluding carboxylic acids is 2. The van der Waals surface area contributed by atoms with Crippen LogP contribution in [0.25, 0.3) is 0 Å². The fourth-order valence-electron chi connectivity index (χ4n) is 1.23. The summed E-state index contributed by atoms with van der Waals surface area (Å²) in [5, 5.41) is 0. The maximum atomic E-state index is 10.7. The highest BCUT2D eigenvalue weighted by atomic mass is 16.5. The van der Waals surface area contributed by atoms with Crippen molar-refractivity contribution in [1.29, 1.82) is 0 Å². The molecule has 0 unspecified atom stereocenters. The lowest BCUT2D eigenvalue weighted by atomic mass is 10.1. The van der Waals surface area contributed by atoms with E-state index in [1.165, 1.54) is 19.2 Å². The molecule has 0 saturated heterocycles. The van der Waals surface area contributed by atoms with Crippen LogP contribution in [0.4, 0.5) is 0 Å². The zero-order chi connectivity index (χ0) is 11.3. The van der Waals surface area contributed by atoms with Crippen LogP contribution in [0.3, 0.4) is 0 Å². The van der Waals surface area contributed by atoms with Crippen LogP contribution in [0, 0.1) is 0 Å². The molecule has 0 aliphatic carbocycles. The molecule has 0 aliphatic heterocycles. The third-order valence-corrected chi connectivity index (χ3v) is 1.92. The molecule has 4 nitrogen and oxygen atoms in total. The molecule has 0 amide bonds. The van der Waals surface area contributed by atoms with Gasteiger partial charge in [-0.15, -0.1) is 0 Å². The van der Waals surface area contributed by atoms with Gasteiger partial charge in [-0.1, -0.05) is 0 Å². The quantitative estimate of drug-likeness (QED) is 0.691. The number of hydrogen-bond donors (Lipinski definition) is 0. The maximum absolute atomic E-state index is 10.7. The van der Waals surface area contributed by atoms with Crippen LogP contribution < -0.4 is 9.47 Å². The van der Waals surface area contributed by atoms with E-state index in [4.69, 9.17) is 9.47 Å². The second-order valence-electron chi connectivity index (χ2n) is 2.80. The average molecular weight is 208 g/mol. The molecule has 0 fully saturated rings. The summed E-state index contributed by atoms with van der Waals surface area (Å²) in [5.74, 6) is 0.769. The van der Waals surface area contributed by atoms with E-state index < -0.39 is 0 Å². The molecule has 0 atom stereocenters. The summed E-state index contributed by atoms with van der Waals surface area (Å²) in [6, 6.07) is 2.99. The molecule has 15 heavy (non-hydrogen) atoms. The van der Waals surface area contributed by atoms with Gasteiger partial charge in [0.1, 0.15) is 11.5 Å². The standard InChI is InChI=1S/C11H12O4/c1-3-15-11-5-8(6-12)10(14-2)4-9(11)7-13/h4-7H,3H2,1-2H3. The fraction of sp³-hybridized carbons (Fsp3) is 0.273. The summed E-state index contributed by atoms with van der Waals surface area (Å²) < 4.78 is 10.2. The largest absolute Gasteiger partial charge is 0.496 e. The molecule has 0 heterocycles. The normalized spacial score (nSPS) is 9.47. The molecule has 0 N–H and O–H groups in total. The van der Waals surface area contributed by atoms with Gasteiger partial charge >= 0.3 is 0 Å². The molecular formula is C11H12O4. The van der Waals surface area contributed by atoms with Gasteiger partial charge in [-0.3, -0.25) is 9.59 Å². The Morgan fingerprint density at radius 1 is 1.13 bits per heavy atom. The van der Waals surface area contributed by atoms with Crippen molar-refractivity contribution in [1.82, 2.24) is 0 Å². The van der Waals surface area contributed by atoms with Gasteiger partial charge < -0.3 is 9.47 Å². The van der Waals surface area contributed by atoms with Gasteiger partial charge in [0, 0.05) is 0 Å². The topological polar surface area (TPSA) is 52.6 Å². The lowest BCUT2D eigenvalue weighted by molar-refractivity contribution is 0.110. The summed E-state index contributed by atoms with van der Waals surface area (Å²) in [5.41, 5.74) is 0.742. The lowest BCUT2D eigenvalue weighted by Crippen LogP contribution is -1.99. The van der Waals surface area contributed by atoms with Crippen molar-refractivity contribution >= 4 is 12.6 Å². The van der Waals surface area contributed by atoms with Crippen LogP contribution in [-0.4, -0.2) is 26.3 Å². The number of hydrogen-bond acceptors (Lipinski definition) is 4. The number of rotatable bonds is 5. The van der Waals surface area contributed by atoms with Crippen LogP contribution in [-0.2, 0) is 0 Å². The van der Waals surface area contributed by atoms with Crippen molar-refractivity contribution in [3.63, 3.8) is 0 Å². The molecule has 0 bridgehead atoms. The summed E-state index contributed by atoms with van der Waals surface area (Å²) in [7, 11) is 1.44. The fourth-order valence-corrected chi connectivity index (χ4v) is 1.23. The number of methoxy groups -OCH3 is 1. The SMILES string of the molecule is CCOc1cc(C=O)c(OC)cc1C=O. The molecule has 1 rings (SSSR count). The second kappa shape index (κ2) is 5.14. The van der Waals surface area contributed by atoms with Crippen LogP contribution in [0.15, 0.2) is 12.1 Å². The first-order valence-corrected chi connectivity index (χ1v) is 4.52. The third-order valence-electron chi connectivity index (χ3n) is 1.92. The third kappa shape index (κ3) is 2.34. The van der Waals surface area contributed by atoms with E-state index >= 15 is 0 Å². The summed E-state index contributed by atoms with van der Waals surface area (Å²) in [4.78, 5) is 21.5. The Hall–Kier alpha value is -1.84. The minimum atomic E-state index is 0.367. The van der Waals surface area contributed by atoms with E-state index in [2.05, 4.69) is 0 Å². The Kier molecular flexibility index (Phi) is 3.85. The first-order chi connectivity index (χ1) is 7.26. The minimum Gasteiger partial charge on any atom is -0.496 e. The molecule has 0 radical (unpaired) electrons. The summed E-state index contributed by atoms with van der Waals surface area (Å²) in [6.45, 7) is 2.24. The molecule has 1 aromatic carbocycles. The number of carbonyl (C=O) groups is 2. The van der Waals surface area contributed by atoms with Crippen LogP contribution in [0.5, 0.6) is 11.5 Å². The lowest BCUT2D eigenvalue weighted by Gasteiger charge is -2.09. The molecule has 80 valence electrons. The predicted molar refractivity (Wildman–Crippen MR) is 54.9 cm³/mol. The van der Waals surface area contributed by atoms with Crippen molar-refractivity contribution < 1.29 is 19.1 Å². The van der Waals surface area contributed by atoms with Gasteiger partial charge in [0.2, 0.25) is 0 Å². The maximum Gasteiger partial charge on any atom is 0.153 e. The van der Waals surface area contributed by atoms with E-state index in [9.17, 15) is 9.59 Å². The number of ether oxygens (including phenoxy) is 2. The van der Waals surface area contributed by atoms with Crippen LogP contribution in [0.1, 0.15) is 27.6 Å². The molecule has 1 aromatic rings. The van der Waals surface area contributed by atoms with Gasteiger partial charge in [0.15, 0.2) is 12.6 Å². The van der Waals surface area contributed by atoms with Gasteiger partial charge in [0.05, 0.1) is 24.8 Å². The summed E-state index contributed by atoms with van der Waals surface area (Å²) >= 11 is 0. The first-order valence-electron chi connectivity index (χ1n) is 4.52. The van der Waals surface area contributed by atoms with Crippen molar-refractivity contribution in [2.24, 2.45) is 0 Å². The van der Waals surface area contributed by atoms with Crippen LogP contribution in [0.2, 0.25) is 0 Å². The second-order valence-corrected chi connectivity index (χ2v) is 2.80. The van der Waals surface area contributed by atoms with E-state index in [-0.39, 0.29) is 0 Å². The Labute approximate surface area is 87.8 Å². The summed E-state index contributed by atoms with van der Waals surface area (Å²) in [6.07, 6.45) is 1.33. The smallest absolute Gasteiger partial charge is 0.153 e. The van der Waals surface area contributed by atoms with E-state index in [0.29, 0.717) is 41.8 Å². The van der Waals surface area contributed by atoms with E-state index in [1.54, 1.807) is 6.92 Å². The van der Waals surface area contributed by atoms with Crippen molar-refractivity contribution in [3.8, 4) is 11.5 Å². The van der Waals surface area contributed by atoms with Crippen molar-refractivity contribution in [3.05, 3.63) is 23.3 Å². The molecular weight excluding hydrogens is 196 g/mol. The van der Waals surface area contributed by atoms with E-state index in [0.717, 1.165) is 0 Å². The Balaban J connectivity index is 3.26. The predicted octanol–water partition coefficient (Wildman–Crippen LogP) is 1.72. The van der Waals surface area contributed by atoms with Gasteiger partial charge in [-0.05, 0) is 19.1 Å². The molecule has 4 heteroatoms. The Morgan fingerprint density at radius 3 is 2.13 bits per heavy atom. The van der Waals surface area contributed by atoms with Gasteiger partial charge in [-0.2, -0.15) is 0 Å². The Bertz CT molecular complexity index is 371. The minimum absolute atomic E-state index is 0.367. The van der Waals surface area contributed by atoms with Crippen LogP contribution >= 0.6 is 0 Å². The highest BCUT2D eigenvalue weighted by Crippen LogP contribution is 2.26. The monoisotopic (exact) mass is 208 g/mol. The highest BCUT2D eigenvalue weighted by molar-refractivity contribution is 5.87. The molecule has 0 aromatic heterocycles. The highest BCUT2D eigenvalue weighted by Gasteiger charge is 2.10. The Morgan fingerprint density at radius 2 is 1.67 bits per heavy atom. The van der Waals surface area contributed by atoms with Crippen molar-refractivity contribution in [2.75, 3.05) is 13.7 Å². The van der Waals surface area contributed by atoms with Crippen molar-refractivity contribution in [2.45, 2.75) is 6.92 Å². The molecule has 0 aliphatic rings. The van der Waals surface area contributed by atoms with Gasteiger partial charge in [-0.25, -0.2) is 0 Å². The zero-order valence-electron chi connectivity index (χ0n) is 8.65. The zero-order valence-corrected chi connectivity index (χ0v) is 8.65. The molecule has 0 spiro atoms. The number of benzene rings is 1. The molecule has 0 saturated carbocycles. The number of aldehydes is 2. The average Bonchev–Trinajstić information content (AvgIpc) is 2.28. The van der Waals surface area contributed by atoms with Gasteiger partial charge in [0.25, 0.3) is 0 Å².